The first-order valence-corrected chi connectivity index (χ1v) is 5.32. The first-order chi connectivity index (χ1) is 4.95. The predicted molar refractivity (Wildman–Crippen MR) is 45.6 cm³/mol. The largest absolute Gasteiger partial charge is 0.121 e. The van der Waals surface area contributed by atoms with E-state index >= 15 is 0 Å². The maximum absolute atomic E-state index is 2.26. The van der Waals surface area contributed by atoms with Crippen LogP contribution in [-0.2, 0) is 11.5 Å². The molecule has 10 heavy (non-hydrogen) atoms. The van der Waals surface area contributed by atoms with Gasteiger partial charge in [0.25, 0.3) is 0 Å². The van der Waals surface area contributed by atoms with E-state index in [1.165, 1.54) is 21.3 Å². The van der Waals surface area contributed by atoms with E-state index in [4.69, 9.17) is 0 Å². The van der Waals surface area contributed by atoms with Crippen LogP contribution in [0, 0.1) is 0 Å². The Hall–Kier alpha value is -0.0800. The van der Waals surface area contributed by atoms with Crippen molar-refractivity contribution in [2.75, 3.05) is 0 Å². The zero-order valence-corrected chi connectivity index (χ0v) is 7.02. The fourth-order valence-electron chi connectivity index (χ4n) is 1.38. The van der Waals surface area contributed by atoms with E-state index in [-0.39, 0.29) is 0 Å². The van der Waals surface area contributed by atoms with E-state index in [2.05, 4.69) is 12.1 Å². The molecule has 2 heterocycles. The lowest BCUT2D eigenvalue weighted by Crippen LogP contribution is -2.08. The van der Waals surface area contributed by atoms with E-state index < -0.39 is 0 Å². The van der Waals surface area contributed by atoms with Crippen LogP contribution in [0.15, 0.2) is 21.9 Å². The second kappa shape index (κ2) is 1.74. The van der Waals surface area contributed by atoms with Crippen molar-refractivity contribution in [1.29, 1.82) is 0 Å². The summed E-state index contributed by atoms with van der Waals surface area (Å²) >= 11 is 3.96. The summed E-state index contributed by atoms with van der Waals surface area (Å²) in [6.07, 6.45) is 0. The summed E-state index contributed by atoms with van der Waals surface area (Å²) in [7, 11) is 0. The highest BCUT2D eigenvalue weighted by Gasteiger charge is 2.25. The third-order valence-electron chi connectivity index (χ3n) is 2.09. The van der Waals surface area contributed by atoms with Gasteiger partial charge in [-0.2, -0.15) is 0 Å². The Labute approximate surface area is 68.4 Å². The van der Waals surface area contributed by atoms with Crippen LogP contribution in [0.1, 0.15) is 11.1 Å². The van der Waals surface area contributed by atoms with Gasteiger partial charge >= 0.3 is 0 Å². The van der Waals surface area contributed by atoms with E-state index in [0.29, 0.717) is 0 Å². The summed E-state index contributed by atoms with van der Waals surface area (Å²) < 4.78 is 0. The van der Waals surface area contributed by atoms with Gasteiger partial charge in [0.2, 0.25) is 0 Å². The molecule has 0 radical (unpaired) electrons. The number of hydrogen-bond donors (Lipinski definition) is 0. The molecule has 2 aliphatic rings. The molecule has 0 N–H and O–H groups in total. The molecule has 0 saturated heterocycles. The molecular weight excluding hydrogens is 160 g/mol. The van der Waals surface area contributed by atoms with Gasteiger partial charge in [0.1, 0.15) is 0 Å². The van der Waals surface area contributed by atoms with Crippen LogP contribution in [0.5, 0.6) is 0 Å². The van der Waals surface area contributed by atoms with Crippen molar-refractivity contribution >= 4 is 23.5 Å². The molecule has 0 saturated carbocycles. The number of fused-ring (bicyclic) bond motifs is 3. The highest BCUT2D eigenvalue weighted by atomic mass is 32.2. The van der Waals surface area contributed by atoms with Crippen LogP contribution >= 0.6 is 23.5 Å². The monoisotopic (exact) mass is 166 g/mol. The lowest BCUT2D eigenvalue weighted by molar-refractivity contribution is 1.05. The second-order valence-corrected chi connectivity index (χ2v) is 4.63. The first-order valence-electron chi connectivity index (χ1n) is 3.35. The summed E-state index contributed by atoms with van der Waals surface area (Å²) in [5.41, 5.74) is 3.28. The topological polar surface area (TPSA) is 0 Å². The van der Waals surface area contributed by atoms with E-state index in [1.807, 2.05) is 23.5 Å². The molecule has 1 aromatic rings. The van der Waals surface area contributed by atoms with E-state index in [0.717, 1.165) is 0 Å². The molecule has 2 heteroatoms. The zero-order chi connectivity index (χ0) is 6.55. The van der Waals surface area contributed by atoms with Crippen molar-refractivity contribution in [1.82, 2.24) is 0 Å². The SMILES string of the molecule is c1cc2c(c3c1SC3)CS2. The second-order valence-electron chi connectivity index (χ2n) is 2.60. The summed E-state index contributed by atoms with van der Waals surface area (Å²) in [6, 6.07) is 4.52. The highest BCUT2D eigenvalue weighted by molar-refractivity contribution is 8.00. The van der Waals surface area contributed by atoms with Crippen molar-refractivity contribution in [3.8, 4) is 0 Å². The van der Waals surface area contributed by atoms with Crippen molar-refractivity contribution in [3.63, 3.8) is 0 Å². The van der Waals surface area contributed by atoms with Crippen LogP contribution < -0.4 is 0 Å². The van der Waals surface area contributed by atoms with Crippen LogP contribution in [-0.4, -0.2) is 0 Å². The Morgan fingerprint density at radius 2 is 1.40 bits per heavy atom. The number of thioether (sulfide) groups is 2. The molecule has 0 fully saturated rings. The minimum Gasteiger partial charge on any atom is -0.121 e. The normalized spacial score (nSPS) is 18.4. The summed E-state index contributed by atoms with van der Waals surface area (Å²) in [5, 5.41) is 0. The van der Waals surface area contributed by atoms with Gasteiger partial charge in [0.15, 0.2) is 0 Å². The lowest BCUT2D eigenvalue weighted by Gasteiger charge is -2.28. The zero-order valence-electron chi connectivity index (χ0n) is 5.39. The van der Waals surface area contributed by atoms with Gasteiger partial charge in [-0.1, -0.05) is 0 Å². The van der Waals surface area contributed by atoms with Crippen molar-refractivity contribution < 1.29 is 0 Å². The quantitative estimate of drug-likeness (QED) is 0.581. The Morgan fingerprint density at radius 3 is 1.70 bits per heavy atom. The van der Waals surface area contributed by atoms with Gasteiger partial charge in [-0.25, -0.2) is 0 Å². The number of hydrogen-bond acceptors (Lipinski definition) is 2. The highest BCUT2D eigenvalue weighted by Crippen LogP contribution is 2.49. The number of benzene rings is 1. The van der Waals surface area contributed by atoms with Gasteiger partial charge in [-0.15, -0.1) is 23.5 Å². The van der Waals surface area contributed by atoms with Crippen molar-refractivity contribution in [2.45, 2.75) is 21.3 Å². The standard InChI is InChI=1S/C8H6S2/c1-2-8-6(4-10-8)5-3-9-7(1)5/h1-2H,3-4H2. The van der Waals surface area contributed by atoms with Crippen LogP contribution in [0.2, 0.25) is 0 Å². The molecule has 3 rings (SSSR count). The van der Waals surface area contributed by atoms with Gasteiger partial charge in [0, 0.05) is 21.3 Å². The summed E-state index contributed by atoms with van der Waals surface area (Å²) in [5.74, 6) is 2.53. The molecule has 0 spiro atoms. The van der Waals surface area contributed by atoms with E-state index in [1.54, 1.807) is 11.1 Å². The van der Waals surface area contributed by atoms with Gasteiger partial charge in [-0.3, -0.25) is 0 Å². The Kier molecular flexibility index (Phi) is 0.968. The average molecular weight is 166 g/mol. The minimum atomic E-state index is 1.26. The van der Waals surface area contributed by atoms with Gasteiger partial charge < -0.3 is 0 Å². The molecule has 2 aliphatic heterocycles. The lowest BCUT2D eigenvalue weighted by atomic mass is 10.1. The van der Waals surface area contributed by atoms with Gasteiger partial charge in [-0.05, 0) is 23.3 Å². The van der Waals surface area contributed by atoms with Crippen LogP contribution in [0.4, 0.5) is 0 Å². The summed E-state index contributed by atoms with van der Waals surface area (Å²) in [6.45, 7) is 0. The molecule has 0 nitrogen and oxygen atoms in total. The molecule has 0 bridgehead atoms. The molecule has 0 aromatic heterocycles. The third kappa shape index (κ3) is 0.523. The Morgan fingerprint density at radius 1 is 0.900 bits per heavy atom. The maximum atomic E-state index is 2.26. The Balaban J connectivity index is 2.34. The molecule has 0 unspecified atom stereocenters. The first kappa shape index (κ1) is 5.56. The van der Waals surface area contributed by atoms with Crippen molar-refractivity contribution in [2.24, 2.45) is 0 Å². The molecule has 50 valence electrons. The smallest absolute Gasteiger partial charge is 0.0246 e. The number of rotatable bonds is 0. The molecular formula is C8H6S2. The molecule has 0 atom stereocenters. The van der Waals surface area contributed by atoms with Crippen molar-refractivity contribution in [3.05, 3.63) is 23.3 Å². The molecule has 0 amide bonds. The Bertz CT molecular complexity index is 273. The fourth-order valence-corrected chi connectivity index (χ4v) is 3.21. The molecule has 1 aromatic carbocycles. The minimum absolute atomic E-state index is 1.26. The fraction of sp³-hybridized carbons (Fsp3) is 0.250. The average Bonchev–Trinajstić information content (AvgIpc) is 1.84. The van der Waals surface area contributed by atoms with Crippen LogP contribution in [0.25, 0.3) is 0 Å². The van der Waals surface area contributed by atoms with E-state index in [9.17, 15) is 0 Å². The maximum Gasteiger partial charge on any atom is 0.0246 e. The predicted octanol–water partition coefficient (Wildman–Crippen LogP) is 2.90. The van der Waals surface area contributed by atoms with Crippen LogP contribution in [0.3, 0.4) is 0 Å². The molecule has 0 aliphatic carbocycles. The third-order valence-corrected chi connectivity index (χ3v) is 4.34. The summed E-state index contributed by atoms with van der Waals surface area (Å²) in [4.78, 5) is 3.05. The van der Waals surface area contributed by atoms with Gasteiger partial charge in [0.05, 0.1) is 0 Å².